The van der Waals surface area contributed by atoms with E-state index in [1.54, 1.807) is 7.11 Å². The van der Waals surface area contributed by atoms with E-state index in [2.05, 4.69) is 18.7 Å². The van der Waals surface area contributed by atoms with Crippen molar-refractivity contribution in [2.24, 2.45) is 0 Å². The number of halogens is 1. The van der Waals surface area contributed by atoms with Crippen molar-refractivity contribution in [2.45, 2.75) is 13.0 Å². The number of hydrogen-bond donors (Lipinski definition) is 0. The average Bonchev–Trinajstić information content (AvgIpc) is 2.17. The highest BCUT2D eigenvalue weighted by atomic mass is 35.5. The molecule has 0 saturated carbocycles. The normalized spacial score (nSPS) is 10.1. The van der Waals surface area contributed by atoms with E-state index in [0.29, 0.717) is 5.88 Å². The second kappa shape index (κ2) is 5.30. The van der Waals surface area contributed by atoms with Gasteiger partial charge in [-0.05, 0) is 24.1 Å². The summed E-state index contributed by atoms with van der Waals surface area (Å²) >= 11 is 5.69. The molecule has 1 aromatic rings. The van der Waals surface area contributed by atoms with E-state index < -0.39 is 0 Å². The van der Waals surface area contributed by atoms with Crippen LogP contribution in [0.25, 0.3) is 0 Å². The van der Waals surface area contributed by atoms with Crippen molar-refractivity contribution in [1.29, 1.82) is 0 Å². The van der Waals surface area contributed by atoms with Gasteiger partial charge in [-0.25, -0.2) is 0 Å². The maximum atomic E-state index is 5.69. The SMILES string of the molecule is COc1cc(CCCl)cc([Si]C)c1. The second-order valence-electron chi connectivity index (χ2n) is 2.76. The molecule has 0 unspecified atom stereocenters. The molecule has 0 N–H and O–H groups in total. The molecule has 0 fully saturated rings. The van der Waals surface area contributed by atoms with E-state index in [4.69, 9.17) is 16.3 Å². The molecule has 3 heteroatoms. The average molecular weight is 213 g/mol. The molecule has 0 aliphatic rings. The first-order valence-corrected chi connectivity index (χ1v) is 6.25. The van der Waals surface area contributed by atoms with Crippen LogP contribution in [0, 0.1) is 0 Å². The lowest BCUT2D eigenvalue weighted by Gasteiger charge is -2.06. The van der Waals surface area contributed by atoms with Gasteiger partial charge in [-0.2, -0.15) is 0 Å². The van der Waals surface area contributed by atoms with E-state index in [1.165, 1.54) is 10.8 Å². The number of alkyl halides is 1. The van der Waals surface area contributed by atoms with Gasteiger partial charge >= 0.3 is 0 Å². The van der Waals surface area contributed by atoms with Gasteiger partial charge in [0.25, 0.3) is 0 Å². The predicted octanol–water partition coefficient (Wildman–Crippen LogP) is 1.85. The molecule has 0 aliphatic carbocycles. The molecule has 0 spiro atoms. The molecule has 0 saturated heterocycles. The summed E-state index contributed by atoms with van der Waals surface area (Å²) in [6, 6.07) is 6.32. The van der Waals surface area contributed by atoms with Crippen LogP contribution in [0.1, 0.15) is 5.56 Å². The van der Waals surface area contributed by atoms with Crippen LogP contribution < -0.4 is 9.92 Å². The number of hydrogen-bond acceptors (Lipinski definition) is 1. The molecule has 1 nitrogen and oxygen atoms in total. The van der Waals surface area contributed by atoms with Crippen molar-refractivity contribution < 1.29 is 4.74 Å². The van der Waals surface area contributed by atoms with Crippen molar-refractivity contribution in [3.63, 3.8) is 0 Å². The van der Waals surface area contributed by atoms with Gasteiger partial charge in [-0.1, -0.05) is 17.8 Å². The monoisotopic (exact) mass is 212 g/mol. The molecule has 0 aliphatic heterocycles. The lowest BCUT2D eigenvalue weighted by molar-refractivity contribution is 0.414. The Morgan fingerprint density at radius 1 is 1.38 bits per heavy atom. The van der Waals surface area contributed by atoms with E-state index >= 15 is 0 Å². The fourth-order valence-electron chi connectivity index (χ4n) is 1.18. The maximum Gasteiger partial charge on any atom is 0.118 e. The molecule has 2 radical (unpaired) electrons. The van der Waals surface area contributed by atoms with Gasteiger partial charge in [0.2, 0.25) is 0 Å². The van der Waals surface area contributed by atoms with Crippen LogP contribution in [-0.2, 0) is 6.42 Å². The van der Waals surface area contributed by atoms with Gasteiger partial charge in [0.05, 0.1) is 16.6 Å². The topological polar surface area (TPSA) is 9.23 Å². The molecular formula is C10H13ClOSi. The Balaban J connectivity index is 2.93. The Kier molecular flexibility index (Phi) is 4.32. The van der Waals surface area contributed by atoms with Crippen LogP contribution in [0.2, 0.25) is 6.55 Å². The van der Waals surface area contributed by atoms with Crippen LogP contribution in [0.4, 0.5) is 0 Å². The largest absolute Gasteiger partial charge is 0.497 e. The first-order valence-electron chi connectivity index (χ1n) is 4.22. The first kappa shape index (κ1) is 10.6. The standard InChI is InChI=1S/C10H13ClOSi/c1-12-9-5-8(3-4-11)6-10(7-9)13-2/h5-7H,3-4H2,1-2H3. The third-order valence-corrected chi connectivity index (χ3v) is 2.93. The first-order chi connectivity index (χ1) is 6.30. The van der Waals surface area contributed by atoms with Crippen LogP contribution in [-0.4, -0.2) is 22.5 Å². The van der Waals surface area contributed by atoms with Crippen LogP contribution in [0.15, 0.2) is 18.2 Å². The van der Waals surface area contributed by atoms with E-state index in [1.807, 2.05) is 6.07 Å². The molecular weight excluding hydrogens is 200 g/mol. The van der Waals surface area contributed by atoms with E-state index in [-0.39, 0.29) is 0 Å². The second-order valence-corrected chi connectivity index (χ2v) is 4.21. The Labute approximate surface area is 86.9 Å². The Bertz CT molecular complexity index is 253. The van der Waals surface area contributed by atoms with Crippen LogP contribution in [0.3, 0.4) is 0 Å². The van der Waals surface area contributed by atoms with E-state index in [0.717, 1.165) is 21.7 Å². The Hall–Kier alpha value is -0.473. The molecule has 70 valence electrons. The summed E-state index contributed by atoms with van der Waals surface area (Å²) < 4.78 is 5.21. The van der Waals surface area contributed by atoms with Gasteiger partial charge in [0.15, 0.2) is 0 Å². The number of rotatable bonds is 4. The van der Waals surface area contributed by atoms with Crippen molar-refractivity contribution >= 4 is 26.3 Å². The summed E-state index contributed by atoms with van der Waals surface area (Å²) in [6.45, 7) is 2.17. The minimum Gasteiger partial charge on any atom is -0.497 e. The van der Waals surface area contributed by atoms with Gasteiger partial charge in [-0.15, -0.1) is 11.6 Å². The lowest BCUT2D eigenvalue weighted by atomic mass is 10.1. The minimum atomic E-state index is 0.666. The highest BCUT2D eigenvalue weighted by molar-refractivity contribution is 6.52. The molecule has 0 heterocycles. The van der Waals surface area contributed by atoms with Crippen LogP contribution >= 0.6 is 11.6 Å². The number of aryl methyl sites for hydroxylation is 1. The smallest absolute Gasteiger partial charge is 0.118 e. The van der Waals surface area contributed by atoms with Crippen molar-refractivity contribution in [2.75, 3.05) is 13.0 Å². The fourth-order valence-corrected chi connectivity index (χ4v) is 2.01. The summed E-state index contributed by atoms with van der Waals surface area (Å²) in [7, 11) is 2.50. The maximum absolute atomic E-state index is 5.69. The van der Waals surface area contributed by atoms with Crippen molar-refractivity contribution in [1.82, 2.24) is 0 Å². The van der Waals surface area contributed by atoms with Crippen LogP contribution in [0.5, 0.6) is 5.75 Å². The van der Waals surface area contributed by atoms with Gasteiger partial charge in [-0.3, -0.25) is 0 Å². The summed E-state index contributed by atoms with van der Waals surface area (Å²) in [5.41, 5.74) is 1.26. The third kappa shape index (κ3) is 3.05. The van der Waals surface area contributed by atoms with Gasteiger partial charge in [0, 0.05) is 5.88 Å². The zero-order valence-corrected chi connectivity index (χ0v) is 9.69. The Morgan fingerprint density at radius 2 is 2.15 bits per heavy atom. The molecule has 13 heavy (non-hydrogen) atoms. The molecule has 0 amide bonds. The summed E-state index contributed by atoms with van der Waals surface area (Å²) in [4.78, 5) is 0. The number of benzene rings is 1. The van der Waals surface area contributed by atoms with E-state index in [9.17, 15) is 0 Å². The molecule has 1 aromatic carbocycles. The Morgan fingerprint density at radius 3 is 2.69 bits per heavy atom. The highest BCUT2D eigenvalue weighted by Gasteiger charge is 1.99. The third-order valence-electron chi connectivity index (χ3n) is 1.87. The minimum absolute atomic E-state index is 0.666. The summed E-state index contributed by atoms with van der Waals surface area (Å²) in [5, 5.41) is 1.33. The molecule has 1 rings (SSSR count). The van der Waals surface area contributed by atoms with Crippen molar-refractivity contribution in [3.8, 4) is 5.75 Å². The summed E-state index contributed by atoms with van der Waals surface area (Å²) in [6.07, 6.45) is 0.913. The quantitative estimate of drug-likeness (QED) is 0.547. The fraction of sp³-hybridized carbons (Fsp3) is 0.400. The lowest BCUT2D eigenvalue weighted by Crippen LogP contribution is -2.11. The van der Waals surface area contributed by atoms with Gasteiger partial charge in [0.1, 0.15) is 5.75 Å². The van der Waals surface area contributed by atoms with Crippen molar-refractivity contribution in [3.05, 3.63) is 23.8 Å². The molecule has 0 atom stereocenters. The van der Waals surface area contributed by atoms with Gasteiger partial charge < -0.3 is 4.74 Å². The predicted molar refractivity (Wildman–Crippen MR) is 58.7 cm³/mol. The molecule has 0 bridgehead atoms. The summed E-state index contributed by atoms with van der Waals surface area (Å²) in [5.74, 6) is 1.60. The zero-order chi connectivity index (χ0) is 9.68. The molecule has 0 aromatic heterocycles. The highest BCUT2D eigenvalue weighted by Crippen LogP contribution is 2.11. The zero-order valence-electron chi connectivity index (χ0n) is 7.93. The number of ether oxygens (including phenoxy) is 1. The number of methoxy groups -OCH3 is 1.